The van der Waals surface area contributed by atoms with Crippen LogP contribution in [0.3, 0.4) is 0 Å². The van der Waals surface area contributed by atoms with Gasteiger partial charge < -0.3 is 5.11 Å². The lowest BCUT2D eigenvalue weighted by molar-refractivity contribution is -0.150. The van der Waals surface area contributed by atoms with Gasteiger partial charge in [-0.1, -0.05) is 25.7 Å². The first-order chi connectivity index (χ1) is 8.96. The molecule has 0 aromatic heterocycles. The van der Waals surface area contributed by atoms with Crippen LogP contribution in [0.1, 0.15) is 51.4 Å². The summed E-state index contributed by atoms with van der Waals surface area (Å²) in [5.41, 5.74) is -0.860. The van der Waals surface area contributed by atoms with Gasteiger partial charge in [0.1, 0.15) is 0 Å². The Labute approximate surface area is 115 Å². The van der Waals surface area contributed by atoms with Crippen molar-refractivity contribution in [3.63, 3.8) is 0 Å². The van der Waals surface area contributed by atoms with E-state index in [1.54, 1.807) is 0 Å². The van der Waals surface area contributed by atoms with E-state index in [1.165, 1.54) is 4.31 Å². The number of carboxylic acids is 1. The summed E-state index contributed by atoms with van der Waals surface area (Å²) >= 11 is 0. The summed E-state index contributed by atoms with van der Waals surface area (Å²) in [5, 5.41) is 9.59. The Kier molecular flexibility index (Phi) is 4.50. The van der Waals surface area contributed by atoms with Gasteiger partial charge in [0, 0.05) is 13.1 Å². The minimum atomic E-state index is -3.24. The van der Waals surface area contributed by atoms with Crippen LogP contribution in [0.25, 0.3) is 0 Å². The number of hydrogen-bond donors (Lipinski definition) is 1. The minimum Gasteiger partial charge on any atom is -0.481 e. The summed E-state index contributed by atoms with van der Waals surface area (Å²) < 4.78 is 25.5. The smallest absolute Gasteiger partial charge is 0.310 e. The minimum absolute atomic E-state index is 0.169. The van der Waals surface area contributed by atoms with Gasteiger partial charge in [0.05, 0.1) is 11.2 Å². The topological polar surface area (TPSA) is 74.7 Å². The standard InChI is InChI=1S/C13H23NO4S/c15-12(16)13(7-3-1-2-4-8-13)11-14-9-5-6-10-19(14,17)18/h1-11H2,(H,15,16). The van der Waals surface area contributed by atoms with Crippen LogP contribution in [0, 0.1) is 5.41 Å². The summed E-state index contributed by atoms with van der Waals surface area (Å²) in [6.45, 7) is 0.655. The first-order valence-electron chi connectivity index (χ1n) is 7.18. The van der Waals surface area contributed by atoms with Crippen molar-refractivity contribution in [3.8, 4) is 0 Å². The molecule has 0 atom stereocenters. The van der Waals surface area contributed by atoms with Crippen molar-refractivity contribution in [1.29, 1.82) is 0 Å². The third-order valence-electron chi connectivity index (χ3n) is 4.45. The molecule has 0 aromatic carbocycles. The Hall–Kier alpha value is -0.620. The zero-order chi connectivity index (χ0) is 13.9. The molecule has 110 valence electrons. The summed E-state index contributed by atoms with van der Waals surface area (Å²) in [6.07, 6.45) is 6.64. The van der Waals surface area contributed by atoms with Gasteiger partial charge in [0.25, 0.3) is 0 Å². The lowest BCUT2D eigenvalue weighted by Crippen LogP contribution is -2.48. The van der Waals surface area contributed by atoms with Crippen molar-refractivity contribution in [3.05, 3.63) is 0 Å². The second-order valence-corrected chi connectivity index (χ2v) is 7.94. The Bertz CT molecular complexity index is 424. The number of rotatable bonds is 3. The summed E-state index contributed by atoms with van der Waals surface area (Å²) in [5.74, 6) is -0.655. The van der Waals surface area contributed by atoms with Crippen molar-refractivity contribution in [1.82, 2.24) is 4.31 Å². The van der Waals surface area contributed by atoms with Gasteiger partial charge >= 0.3 is 5.97 Å². The van der Waals surface area contributed by atoms with E-state index < -0.39 is 21.4 Å². The number of hydrogen-bond acceptors (Lipinski definition) is 3. The zero-order valence-electron chi connectivity index (χ0n) is 11.3. The monoisotopic (exact) mass is 289 g/mol. The quantitative estimate of drug-likeness (QED) is 0.804. The van der Waals surface area contributed by atoms with Crippen LogP contribution < -0.4 is 0 Å². The van der Waals surface area contributed by atoms with Gasteiger partial charge in [-0.3, -0.25) is 4.79 Å². The number of aliphatic carboxylic acids is 1. The highest BCUT2D eigenvalue weighted by atomic mass is 32.2. The average molecular weight is 289 g/mol. The predicted molar refractivity (Wildman–Crippen MR) is 72.4 cm³/mol. The van der Waals surface area contributed by atoms with Crippen molar-refractivity contribution >= 4 is 16.0 Å². The van der Waals surface area contributed by atoms with Crippen molar-refractivity contribution in [2.45, 2.75) is 51.4 Å². The van der Waals surface area contributed by atoms with E-state index in [4.69, 9.17) is 0 Å². The molecule has 2 aliphatic rings. The van der Waals surface area contributed by atoms with Crippen LogP contribution in [0.2, 0.25) is 0 Å². The van der Waals surface area contributed by atoms with Gasteiger partial charge in [0.15, 0.2) is 0 Å². The van der Waals surface area contributed by atoms with Gasteiger partial charge in [-0.2, -0.15) is 0 Å². The molecular weight excluding hydrogens is 266 g/mol. The fourth-order valence-corrected chi connectivity index (χ4v) is 4.88. The van der Waals surface area contributed by atoms with Gasteiger partial charge in [-0.05, 0) is 25.7 Å². The molecule has 1 aliphatic heterocycles. The Morgan fingerprint density at radius 3 is 2.21 bits per heavy atom. The summed E-state index contributed by atoms with van der Waals surface area (Å²) in [4.78, 5) is 11.7. The molecule has 1 saturated carbocycles. The van der Waals surface area contributed by atoms with E-state index >= 15 is 0 Å². The highest BCUT2D eigenvalue weighted by Gasteiger charge is 2.43. The average Bonchev–Trinajstić information content (AvgIpc) is 2.58. The first kappa shape index (κ1) is 14.8. The number of carboxylic acid groups (broad SMARTS) is 1. The molecule has 0 aromatic rings. The van der Waals surface area contributed by atoms with Crippen LogP contribution in [0.5, 0.6) is 0 Å². The summed E-state index contributed by atoms with van der Waals surface area (Å²) in [7, 11) is -3.24. The SMILES string of the molecule is O=C(O)C1(CN2CCCCS2(=O)=O)CCCCCC1. The Balaban J connectivity index is 2.18. The molecule has 0 bridgehead atoms. The molecule has 0 spiro atoms. The molecule has 5 nitrogen and oxygen atoms in total. The largest absolute Gasteiger partial charge is 0.481 e. The molecule has 1 saturated heterocycles. The lowest BCUT2D eigenvalue weighted by Gasteiger charge is -2.35. The molecule has 6 heteroatoms. The molecule has 1 aliphatic carbocycles. The van der Waals surface area contributed by atoms with E-state index in [0.717, 1.165) is 32.1 Å². The second-order valence-electron chi connectivity index (χ2n) is 5.86. The number of nitrogens with zero attached hydrogens (tertiary/aromatic N) is 1. The van der Waals surface area contributed by atoms with E-state index in [1.807, 2.05) is 0 Å². The normalized spacial score (nSPS) is 27.6. The van der Waals surface area contributed by atoms with Crippen LogP contribution in [0.15, 0.2) is 0 Å². The molecule has 2 fully saturated rings. The Morgan fingerprint density at radius 2 is 1.68 bits per heavy atom. The van der Waals surface area contributed by atoms with Gasteiger partial charge in [-0.15, -0.1) is 0 Å². The lowest BCUT2D eigenvalue weighted by atomic mass is 9.80. The van der Waals surface area contributed by atoms with E-state index in [-0.39, 0.29) is 12.3 Å². The van der Waals surface area contributed by atoms with E-state index in [9.17, 15) is 18.3 Å². The Morgan fingerprint density at radius 1 is 1.05 bits per heavy atom. The highest BCUT2D eigenvalue weighted by Crippen LogP contribution is 2.37. The third-order valence-corrected chi connectivity index (χ3v) is 6.35. The molecule has 19 heavy (non-hydrogen) atoms. The van der Waals surface area contributed by atoms with Crippen LogP contribution >= 0.6 is 0 Å². The molecule has 1 heterocycles. The maximum Gasteiger partial charge on any atom is 0.310 e. The van der Waals surface area contributed by atoms with Crippen molar-refractivity contribution in [2.24, 2.45) is 5.41 Å². The number of sulfonamides is 1. The zero-order valence-corrected chi connectivity index (χ0v) is 12.1. The fourth-order valence-electron chi connectivity index (χ4n) is 3.20. The van der Waals surface area contributed by atoms with Crippen LogP contribution in [-0.4, -0.2) is 42.6 Å². The molecular formula is C13H23NO4S. The number of carbonyl (C=O) groups is 1. The first-order valence-corrected chi connectivity index (χ1v) is 8.78. The highest BCUT2D eigenvalue weighted by molar-refractivity contribution is 7.89. The van der Waals surface area contributed by atoms with Crippen molar-refractivity contribution < 1.29 is 18.3 Å². The van der Waals surface area contributed by atoms with Crippen molar-refractivity contribution in [2.75, 3.05) is 18.8 Å². The molecule has 2 rings (SSSR count). The second kappa shape index (κ2) is 5.79. The molecule has 1 N–H and O–H groups in total. The van der Waals surface area contributed by atoms with E-state index in [0.29, 0.717) is 25.8 Å². The van der Waals surface area contributed by atoms with Gasteiger partial charge in [-0.25, -0.2) is 12.7 Å². The molecule has 0 radical (unpaired) electrons. The maximum atomic E-state index is 12.0. The van der Waals surface area contributed by atoms with Crippen LogP contribution in [-0.2, 0) is 14.8 Å². The predicted octanol–water partition coefficient (Wildman–Crippen LogP) is 1.84. The maximum absolute atomic E-state index is 12.0. The van der Waals surface area contributed by atoms with Gasteiger partial charge in [0.2, 0.25) is 10.0 Å². The fraction of sp³-hybridized carbons (Fsp3) is 0.923. The molecule has 0 amide bonds. The van der Waals surface area contributed by atoms with Crippen LogP contribution in [0.4, 0.5) is 0 Å². The third kappa shape index (κ3) is 3.28. The summed E-state index contributed by atoms with van der Waals surface area (Å²) in [6, 6.07) is 0. The molecule has 0 unspecified atom stereocenters. The van der Waals surface area contributed by atoms with E-state index in [2.05, 4.69) is 0 Å².